The molecule has 1 heteroatoms. The molecule has 1 aliphatic rings. The maximum atomic E-state index is 5.80. The van der Waals surface area contributed by atoms with Gasteiger partial charge in [-0.25, -0.2) is 0 Å². The van der Waals surface area contributed by atoms with Crippen molar-refractivity contribution in [3.8, 4) is 0 Å². The molecule has 0 radical (unpaired) electrons. The van der Waals surface area contributed by atoms with Crippen LogP contribution in [0.3, 0.4) is 0 Å². The summed E-state index contributed by atoms with van der Waals surface area (Å²) in [7, 11) is 0. The third-order valence-electron chi connectivity index (χ3n) is 2.40. The summed E-state index contributed by atoms with van der Waals surface area (Å²) in [6, 6.07) is 0.517. The lowest BCUT2D eigenvalue weighted by atomic mass is 9.85. The Hall–Kier alpha value is -0.0400. The zero-order chi connectivity index (χ0) is 6.69. The van der Waals surface area contributed by atoms with E-state index in [4.69, 9.17) is 5.73 Å². The van der Waals surface area contributed by atoms with Crippen molar-refractivity contribution >= 4 is 0 Å². The summed E-state index contributed by atoms with van der Waals surface area (Å²) in [6.45, 7) is 2.27. The van der Waals surface area contributed by atoms with Crippen LogP contribution in [0.2, 0.25) is 0 Å². The molecule has 0 spiro atoms. The van der Waals surface area contributed by atoms with E-state index in [9.17, 15) is 0 Å². The largest absolute Gasteiger partial charge is 0.328 e. The van der Waals surface area contributed by atoms with Gasteiger partial charge >= 0.3 is 0 Å². The summed E-state index contributed by atoms with van der Waals surface area (Å²) in [4.78, 5) is 0. The van der Waals surface area contributed by atoms with Crippen LogP contribution in [0.25, 0.3) is 0 Å². The van der Waals surface area contributed by atoms with Crippen LogP contribution >= 0.6 is 0 Å². The van der Waals surface area contributed by atoms with E-state index in [1.807, 2.05) is 0 Å². The highest BCUT2D eigenvalue weighted by atomic mass is 14.6. The molecule has 0 aromatic carbocycles. The fraction of sp³-hybridized carbons (Fsp3) is 1.00. The highest BCUT2D eigenvalue weighted by Gasteiger charge is 2.16. The molecule has 1 saturated carbocycles. The Bertz CT molecular complexity index is 80.6. The molecular formula is C8H17N. The normalized spacial score (nSPS) is 36.7. The van der Waals surface area contributed by atoms with Crippen LogP contribution in [0.15, 0.2) is 0 Å². The highest BCUT2D eigenvalue weighted by molar-refractivity contribution is 4.73. The van der Waals surface area contributed by atoms with Crippen molar-refractivity contribution in [3.05, 3.63) is 0 Å². The van der Waals surface area contributed by atoms with Gasteiger partial charge in [0.25, 0.3) is 0 Å². The SMILES string of the molecule is CC[C@H]1CCC[C@H](N)C1. The van der Waals surface area contributed by atoms with Gasteiger partial charge in [-0.05, 0) is 18.8 Å². The molecule has 0 saturated heterocycles. The van der Waals surface area contributed by atoms with Crippen LogP contribution in [0.5, 0.6) is 0 Å². The first kappa shape index (κ1) is 7.07. The average Bonchev–Trinajstić information content (AvgIpc) is 1.88. The first-order chi connectivity index (χ1) is 4.33. The molecule has 1 fully saturated rings. The minimum absolute atomic E-state index is 0.517. The second-order valence-corrected chi connectivity index (χ2v) is 3.20. The van der Waals surface area contributed by atoms with Crippen molar-refractivity contribution in [1.82, 2.24) is 0 Å². The molecule has 2 atom stereocenters. The lowest BCUT2D eigenvalue weighted by molar-refractivity contribution is 0.315. The fourth-order valence-corrected chi connectivity index (χ4v) is 1.70. The first-order valence-corrected chi connectivity index (χ1v) is 4.08. The van der Waals surface area contributed by atoms with E-state index < -0.39 is 0 Å². The van der Waals surface area contributed by atoms with E-state index >= 15 is 0 Å². The van der Waals surface area contributed by atoms with E-state index in [-0.39, 0.29) is 0 Å². The van der Waals surface area contributed by atoms with Crippen molar-refractivity contribution in [3.63, 3.8) is 0 Å². The van der Waals surface area contributed by atoms with E-state index in [1.165, 1.54) is 32.1 Å². The number of hydrogen-bond donors (Lipinski definition) is 1. The van der Waals surface area contributed by atoms with E-state index in [0.717, 1.165) is 5.92 Å². The minimum atomic E-state index is 0.517. The molecule has 1 rings (SSSR count). The van der Waals surface area contributed by atoms with Crippen molar-refractivity contribution in [2.24, 2.45) is 11.7 Å². The third kappa shape index (κ3) is 1.98. The Morgan fingerprint density at radius 3 is 2.67 bits per heavy atom. The van der Waals surface area contributed by atoms with E-state index in [2.05, 4.69) is 6.92 Å². The molecule has 0 heterocycles. The summed E-state index contributed by atoms with van der Waals surface area (Å²) < 4.78 is 0. The van der Waals surface area contributed by atoms with E-state index in [0.29, 0.717) is 6.04 Å². The lowest BCUT2D eigenvalue weighted by Crippen LogP contribution is -2.27. The summed E-state index contributed by atoms with van der Waals surface area (Å²) in [5.74, 6) is 0.939. The summed E-state index contributed by atoms with van der Waals surface area (Å²) in [6.07, 6.45) is 6.64. The molecule has 9 heavy (non-hydrogen) atoms. The highest BCUT2D eigenvalue weighted by Crippen LogP contribution is 2.24. The van der Waals surface area contributed by atoms with Crippen LogP contribution in [-0.4, -0.2) is 6.04 Å². The van der Waals surface area contributed by atoms with Gasteiger partial charge in [-0.3, -0.25) is 0 Å². The number of rotatable bonds is 1. The van der Waals surface area contributed by atoms with Crippen LogP contribution in [-0.2, 0) is 0 Å². The smallest absolute Gasteiger partial charge is 0.00414 e. The Labute approximate surface area is 57.6 Å². The predicted octanol–water partition coefficient (Wildman–Crippen LogP) is 1.91. The number of hydrogen-bond acceptors (Lipinski definition) is 1. The fourth-order valence-electron chi connectivity index (χ4n) is 1.70. The summed E-state index contributed by atoms with van der Waals surface area (Å²) >= 11 is 0. The van der Waals surface area contributed by atoms with Crippen LogP contribution in [0, 0.1) is 5.92 Å². The molecule has 0 aromatic heterocycles. The molecule has 0 unspecified atom stereocenters. The quantitative estimate of drug-likeness (QED) is 0.572. The van der Waals surface area contributed by atoms with Gasteiger partial charge in [0.05, 0.1) is 0 Å². The Morgan fingerprint density at radius 1 is 1.44 bits per heavy atom. The monoisotopic (exact) mass is 127 g/mol. The zero-order valence-corrected chi connectivity index (χ0v) is 6.27. The van der Waals surface area contributed by atoms with Crippen molar-refractivity contribution in [2.75, 3.05) is 0 Å². The van der Waals surface area contributed by atoms with Crippen molar-refractivity contribution in [1.29, 1.82) is 0 Å². The molecule has 2 N–H and O–H groups in total. The van der Waals surface area contributed by atoms with Crippen LogP contribution in [0.1, 0.15) is 39.0 Å². The topological polar surface area (TPSA) is 26.0 Å². The van der Waals surface area contributed by atoms with Gasteiger partial charge in [-0.2, -0.15) is 0 Å². The third-order valence-corrected chi connectivity index (χ3v) is 2.40. The van der Waals surface area contributed by atoms with Gasteiger partial charge in [-0.15, -0.1) is 0 Å². The standard InChI is InChI=1S/C8H17N/c1-2-7-4-3-5-8(9)6-7/h7-8H,2-6,9H2,1H3/t7-,8-/m0/s1. The molecule has 0 aliphatic heterocycles. The van der Waals surface area contributed by atoms with E-state index in [1.54, 1.807) is 0 Å². The van der Waals surface area contributed by atoms with Gasteiger partial charge in [-0.1, -0.05) is 26.2 Å². The molecular weight excluding hydrogens is 110 g/mol. The van der Waals surface area contributed by atoms with Gasteiger partial charge in [0.2, 0.25) is 0 Å². The Kier molecular flexibility index (Phi) is 2.52. The summed E-state index contributed by atoms with van der Waals surface area (Å²) in [5, 5.41) is 0. The maximum Gasteiger partial charge on any atom is 0.00414 e. The van der Waals surface area contributed by atoms with Crippen LogP contribution < -0.4 is 5.73 Å². The molecule has 1 nitrogen and oxygen atoms in total. The predicted molar refractivity (Wildman–Crippen MR) is 40.2 cm³/mol. The Morgan fingerprint density at radius 2 is 2.22 bits per heavy atom. The second-order valence-electron chi connectivity index (χ2n) is 3.20. The van der Waals surface area contributed by atoms with Gasteiger partial charge in [0, 0.05) is 6.04 Å². The molecule has 0 bridgehead atoms. The van der Waals surface area contributed by atoms with Crippen LogP contribution in [0.4, 0.5) is 0 Å². The maximum absolute atomic E-state index is 5.80. The summed E-state index contributed by atoms with van der Waals surface area (Å²) in [5.41, 5.74) is 5.80. The van der Waals surface area contributed by atoms with Crippen molar-refractivity contribution in [2.45, 2.75) is 45.1 Å². The van der Waals surface area contributed by atoms with Gasteiger partial charge in [0.1, 0.15) is 0 Å². The first-order valence-electron chi connectivity index (χ1n) is 4.08. The molecule has 1 aliphatic carbocycles. The molecule has 0 amide bonds. The van der Waals surface area contributed by atoms with Gasteiger partial charge < -0.3 is 5.73 Å². The second kappa shape index (κ2) is 3.21. The van der Waals surface area contributed by atoms with Crippen molar-refractivity contribution < 1.29 is 0 Å². The number of nitrogens with two attached hydrogens (primary N) is 1. The molecule has 0 aromatic rings. The lowest BCUT2D eigenvalue weighted by Gasteiger charge is -2.25. The minimum Gasteiger partial charge on any atom is -0.328 e. The Balaban J connectivity index is 2.23. The zero-order valence-electron chi connectivity index (χ0n) is 6.27. The van der Waals surface area contributed by atoms with Gasteiger partial charge in [0.15, 0.2) is 0 Å². The molecule has 54 valence electrons. The average molecular weight is 127 g/mol.